The highest BCUT2D eigenvalue weighted by Crippen LogP contribution is 2.56. The molecule has 1 aliphatic carbocycles. The van der Waals surface area contributed by atoms with Gasteiger partial charge in [-0.25, -0.2) is 4.79 Å². The van der Waals surface area contributed by atoms with Crippen LogP contribution in [0.1, 0.15) is 50.4 Å². The number of hydrogen-bond donors (Lipinski definition) is 1. The van der Waals surface area contributed by atoms with Crippen LogP contribution in [-0.2, 0) is 4.74 Å². The molecule has 1 fully saturated rings. The van der Waals surface area contributed by atoms with E-state index in [9.17, 15) is 4.79 Å². The first-order valence-electron chi connectivity index (χ1n) is 6.77. The second-order valence-corrected chi connectivity index (χ2v) is 6.25. The van der Waals surface area contributed by atoms with Crippen molar-refractivity contribution >= 4 is 6.09 Å². The Labute approximate surface area is 113 Å². The molecule has 4 rings (SSSR count). The first kappa shape index (κ1) is 12.5. The molecule has 0 saturated carbocycles. The van der Waals surface area contributed by atoms with Gasteiger partial charge in [0.2, 0.25) is 0 Å². The van der Waals surface area contributed by atoms with Gasteiger partial charge in [0.25, 0.3) is 0 Å². The molecular weight excluding hydrogens is 240 g/mol. The van der Waals surface area contributed by atoms with Gasteiger partial charge in [-0.05, 0) is 38.3 Å². The van der Waals surface area contributed by atoms with Crippen molar-refractivity contribution in [2.24, 2.45) is 0 Å². The Hall–Kier alpha value is -1.55. The summed E-state index contributed by atoms with van der Waals surface area (Å²) in [5.74, 6) is 0. The number of carbonyl (C=O) groups excluding carboxylic acids is 1. The van der Waals surface area contributed by atoms with Crippen LogP contribution in [0.25, 0.3) is 0 Å². The van der Waals surface area contributed by atoms with Crippen LogP contribution in [0.4, 0.5) is 4.79 Å². The molecule has 4 nitrogen and oxygen atoms in total. The summed E-state index contributed by atoms with van der Waals surface area (Å²) < 4.78 is 5.25. The van der Waals surface area contributed by atoms with Crippen LogP contribution < -0.4 is 5.32 Å². The minimum Gasteiger partial charge on any atom is -0.444 e. The summed E-state index contributed by atoms with van der Waals surface area (Å²) in [4.78, 5) is 14.0. The molecule has 19 heavy (non-hydrogen) atoms. The van der Waals surface area contributed by atoms with Gasteiger partial charge in [0.05, 0.1) is 6.67 Å². The predicted octanol–water partition coefficient (Wildman–Crippen LogP) is 2.97. The van der Waals surface area contributed by atoms with Crippen molar-refractivity contribution < 1.29 is 9.53 Å². The summed E-state index contributed by atoms with van der Waals surface area (Å²) in [7, 11) is 0. The Kier molecular flexibility index (Phi) is 2.78. The smallest absolute Gasteiger partial charge is 0.408 e. The van der Waals surface area contributed by atoms with E-state index in [1.807, 2.05) is 20.8 Å². The number of nitrogens with zero attached hydrogens (tertiary/aromatic N) is 1. The topological polar surface area (TPSA) is 41.6 Å². The van der Waals surface area contributed by atoms with E-state index < -0.39 is 5.60 Å². The van der Waals surface area contributed by atoms with E-state index >= 15 is 0 Å². The van der Waals surface area contributed by atoms with Crippen LogP contribution in [-0.4, -0.2) is 23.3 Å². The molecule has 1 N–H and O–H groups in total. The molecule has 1 saturated heterocycles. The second kappa shape index (κ2) is 4.23. The summed E-state index contributed by atoms with van der Waals surface area (Å²) in [6.07, 6.45) is 0.831. The summed E-state index contributed by atoms with van der Waals surface area (Å²) in [5, 5.41) is 2.84. The number of rotatable bonds is 2. The molecule has 1 amide bonds. The Balaban J connectivity index is 1.56. The van der Waals surface area contributed by atoms with Gasteiger partial charge in [-0.1, -0.05) is 24.3 Å². The fourth-order valence-corrected chi connectivity index (χ4v) is 2.98. The lowest BCUT2D eigenvalue weighted by molar-refractivity contribution is 0.0175. The van der Waals surface area contributed by atoms with Crippen molar-refractivity contribution in [3.05, 3.63) is 35.4 Å². The third-order valence-electron chi connectivity index (χ3n) is 3.77. The van der Waals surface area contributed by atoms with Gasteiger partial charge < -0.3 is 10.1 Å². The highest BCUT2D eigenvalue weighted by atomic mass is 16.6. The van der Waals surface area contributed by atoms with Gasteiger partial charge >= 0.3 is 6.09 Å². The van der Waals surface area contributed by atoms with Crippen LogP contribution in [0.2, 0.25) is 0 Å². The summed E-state index contributed by atoms with van der Waals surface area (Å²) in [6, 6.07) is 9.48. The third-order valence-corrected chi connectivity index (χ3v) is 3.77. The van der Waals surface area contributed by atoms with Crippen molar-refractivity contribution in [2.45, 2.75) is 44.9 Å². The molecule has 102 valence electrons. The maximum atomic E-state index is 11.6. The average molecular weight is 260 g/mol. The maximum Gasteiger partial charge on any atom is 0.408 e. The molecule has 1 aromatic carbocycles. The fraction of sp³-hybridized carbons (Fsp3) is 0.533. The van der Waals surface area contributed by atoms with Gasteiger partial charge in [0.15, 0.2) is 0 Å². The molecule has 4 heteroatoms. The Morgan fingerprint density at radius 1 is 1.32 bits per heavy atom. The Morgan fingerprint density at radius 2 is 1.89 bits per heavy atom. The zero-order valence-electron chi connectivity index (χ0n) is 11.6. The molecule has 2 heterocycles. The lowest BCUT2D eigenvalue weighted by Gasteiger charge is -2.40. The van der Waals surface area contributed by atoms with Crippen molar-refractivity contribution in [3.63, 3.8) is 0 Å². The van der Waals surface area contributed by atoms with E-state index in [2.05, 4.69) is 34.5 Å². The highest BCUT2D eigenvalue weighted by Gasteiger charge is 2.48. The maximum absolute atomic E-state index is 11.6. The average Bonchev–Trinajstić information content (AvgIpc) is 2.78. The molecule has 2 bridgehead atoms. The van der Waals surface area contributed by atoms with Crippen LogP contribution in [0.3, 0.4) is 0 Å². The minimum atomic E-state index is -0.443. The lowest BCUT2D eigenvalue weighted by atomic mass is 10.0. The second-order valence-electron chi connectivity index (χ2n) is 6.25. The zero-order valence-corrected chi connectivity index (χ0v) is 11.6. The summed E-state index contributed by atoms with van der Waals surface area (Å²) in [6.45, 7) is 6.17. The fourth-order valence-electron chi connectivity index (χ4n) is 2.98. The van der Waals surface area contributed by atoms with Crippen molar-refractivity contribution in [2.75, 3.05) is 6.67 Å². The molecular formula is C15H20N2O2. The largest absolute Gasteiger partial charge is 0.444 e. The minimum absolute atomic E-state index is 0.345. The summed E-state index contributed by atoms with van der Waals surface area (Å²) in [5.41, 5.74) is 2.39. The molecule has 0 radical (unpaired) electrons. The lowest BCUT2D eigenvalue weighted by Crippen LogP contribution is -2.46. The molecule has 0 aromatic heterocycles. The highest BCUT2D eigenvalue weighted by molar-refractivity contribution is 5.67. The van der Waals surface area contributed by atoms with Gasteiger partial charge in [-0.2, -0.15) is 0 Å². The molecule has 3 aliphatic rings. The van der Waals surface area contributed by atoms with E-state index in [-0.39, 0.29) is 6.09 Å². The van der Waals surface area contributed by atoms with E-state index in [1.165, 1.54) is 17.5 Å². The Bertz CT molecular complexity index is 478. The SMILES string of the molecule is CC(C)(C)OC(=O)NCN1C2CC1c1ccccc12. The van der Waals surface area contributed by atoms with Crippen LogP contribution in [0.5, 0.6) is 0 Å². The zero-order chi connectivity index (χ0) is 13.6. The standard InChI is InChI=1S/C15H20N2O2/c1-15(2,3)19-14(18)16-9-17-12-8-13(17)11-7-5-4-6-10(11)12/h4-7,12-13H,8-9H2,1-3H3,(H,16,18). The third kappa shape index (κ3) is 2.21. The molecule has 2 unspecified atom stereocenters. The number of amides is 1. The van der Waals surface area contributed by atoms with Crippen molar-refractivity contribution in [3.8, 4) is 0 Å². The van der Waals surface area contributed by atoms with Gasteiger partial charge in [0, 0.05) is 12.1 Å². The molecule has 2 atom stereocenters. The number of alkyl carbamates (subject to hydrolysis) is 1. The quantitative estimate of drug-likeness (QED) is 0.888. The molecule has 0 spiro atoms. The number of nitrogens with one attached hydrogen (secondary N) is 1. The first-order chi connectivity index (χ1) is 8.96. The van der Waals surface area contributed by atoms with Crippen molar-refractivity contribution in [1.82, 2.24) is 10.2 Å². The van der Waals surface area contributed by atoms with Gasteiger partial charge in [-0.3, -0.25) is 4.90 Å². The van der Waals surface area contributed by atoms with E-state index in [1.54, 1.807) is 0 Å². The van der Waals surface area contributed by atoms with E-state index in [4.69, 9.17) is 4.74 Å². The number of carbonyl (C=O) groups is 1. The van der Waals surface area contributed by atoms with Gasteiger partial charge in [-0.15, -0.1) is 0 Å². The van der Waals surface area contributed by atoms with E-state index in [0.29, 0.717) is 18.8 Å². The predicted molar refractivity (Wildman–Crippen MR) is 72.6 cm³/mol. The number of hydrogen-bond acceptors (Lipinski definition) is 3. The number of benzene rings is 1. The number of ether oxygens (including phenoxy) is 1. The van der Waals surface area contributed by atoms with Crippen LogP contribution in [0.15, 0.2) is 24.3 Å². The van der Waals surface area contributed by atoms with E-state index in [0.717, 1.165) is 0 Å². The molecule has 2 aliphatic heterocycles. The Morgan fingerprint density at radius 3 is 2.42 bits per heavy atom. The first-order valence-corrected chi connectivity index (χ1v) is 6.77. The van der Waals surface area contributed by atoms with Crippen molar-refractivity contribution in [1.29, 1.82) is 0 Å². The monoisotopic (exact) mass is 260 g/mol. The van der Waals surface area contributed by atoms with Crippen LogP contribution >= 0.6 is 0 Å². The summed E-state index contributed by atoms with van der Waals surface area (Å²) >= 11 is 0. The normalized spacial score (nSPS) is 24.6. The van der Waals surface area contributed by atoms with Gasteiger partial charge in [0.1, 0.15) is 5.60 Å². The molecule has 1 aromatic rings. The van der Waals surface area contributed by atoms with Crippen LogP contribution in [0, 0.1) is 0 Å².